The van der Waals surface area contributed by atoms with Gasteiger partial charge in [-0.2, -0.15) is 0 Å². The molecule has 1 aromatic rings. The number of carbonyl (C=O) groups is 2. The average Bonchev–Trinajstić information content (AvgIpc) is 2.54. The Labute approximate surface area is 91.6 Å². The fraction of sp³-hybridized carbons (Fsp3) is 0.200. The third-order valence-electron chi connectivity index (χ3n) is 2.49. The van der Waals surface area contributed by atoms with Gasteiger partial charge < -0.3 is 5.11 Å². The number of carboxylic acids is 1. The Kier molecular flexibility index (Phi) is 2.31. The van der Waals surface area contributed by atoms with Crippen molar-refractivity contribution in [3.8, 4) is 0 Å². The van der Waals surface area contributed by atoms with Crippen molar-refractivity contribution in [2.24, 2.45) is 0 Å². The van der Waals surface area contributed by atoms with E-state index in [1.165, 1.54) is 12.1 Å². The van der Waals surface area contributed by atoms with Gasteiger partial charge in [0.05, 0.1) is 10.6 Å². The van der Waals surface area contributed by atoms with Gasteiger partial charge in [0.1, 0.15) is 0 Å². The van der Waals surface area contributed by atoms with Crippen LogP contribution in [0.15, 0.2) is 23.1 Å². The molecule has 0 fully saturated rings. The molecule has 0 amide bonds. The summed E-state index contributed by atoms with van der Waals surface area (Å²) in [5.74, 6) is -2.88. The number of fused-ring (bicyclic) bond motifs is 1. The molecule has 6 heteroatoms. The lowest BCUT2D eigenvalue weighted by Gasteiger charge is -2.03. The molecule has 0 bridgehead atoms. The first-order valence-electron chi connectivity index (χ1n) is 4.56. The lowest BCUT2D eigenvalue weighted by molar-refractivity contribution is -0.131. The molecule has 0 unspecified atom stereocenters. The number of carbonyl (C=O) groups excluding carboxylic acids is 1. The molecule has 1 N–H and O–H groups in total. The summed E-state index contributed by atoms with van der Waals surface area (Å²) in [4.78, 5) is 21.8. The number of Topliss-reactive ketones (excluding diaryl/α,β-unsaturated/α-hetero) is 1. The Morgan fingerprint density at radius 3 is 2.56 bits per heavy atom. The first kappa shape index (κ1) is 10.8. The fourth-order valence-corrected chi connectivity index (χ4v) is 3.55. The Morgan fingerprint density at radius 1 is 1.25 bits per heavy atom. The summed E-state index contributed by atoms with van der Waals surface area (Å²) >= 11 is 0. The van der Waals surface area contributed by atoms with Crippen LogP contribution in [0.5, 0.6) is 0 Å². The van der Waals surface area contributed by atoms with Crippen LogP contribution in [0.1, 0.15) is 15.9 Å². The largest absolute Gasteiger partial charge is 0.475 e. The third kappa shape index (κ3) is 1.51. The minimum atomic E-state index is -3.50. The minimum absolute atomic E-state index is 0.0632. The zero-order chi connectivity index (χ0) is 11.9. The quantitative estimate of drug-likeness (QED) is 0.592. The Balaban J connectivity index is 2.71. The number of sulfone groups is 1. The zero-order valence-electron chi connectivity index (χ0n) is 8.13. The molecule has 0 aliphatic carbocycles. The molecule has 0 saturated heterocycles. The second-order valence-corrected chi connectivity index (χ2v) is 5.54. The summed E-state index contributed by atoms with van der Waals surface area (Å²) < 4.78 is 23.3. The molecule has 0 aromatic heterocycles. The van der Waals surface area contributed by atoms with Crippen LogP contribution in [0.2, 0.25) is 0 Å². The topological polar surface area (TPSA) is 88.5 Å². The number of hydrogen-bond donors (Lipinski definition) is 1. The van der Waals surface area contributed by atoms with Crippen LogP contribution in [0.3, 0.4) is 0 Å². The van der Waals surface area contributed by atoms with E-state index < -0.39 is 21.6 Å². The number of carboxylic acid groups (broad SMARTS) is 1. The molecule has 1 aliphatic heterocycles. The molecular formula is C10H8O5S. The van der Waals surface area contributed by atoms with Crippen LogP contribution in [0.4, 0.5) is 0 Å². The van der Waals surface area contributed by atoms with Gasteiger partial charge in [-0.25, -0.2) is 13.2 Å². The molecular weight excluding hydrogens is 232 g/mol. The summed E-state index contributed by atoms with van der Waals surface area (Å²) in [5.41, 5.74) is 0.287. The maximum Gasteiger partial charge on any atom is 0.377 e. The van der Waals surface area contributed by atoms with Crippen LogP contribution in [0.25, 0.3) is 0 Å². The van der Waals surface area contributed by atoms with Crippen LogP contribution in [-0.4, -0.2) is 31.0 Å². The SMILES string of the molecule is O=C(O)C(=O)c1cccc2c1S(=O)(=O)CC2. The van der Waals surface area contributed by atoms with E-state index in [1.54, 1.807) is 6.07 Å². The van der Waals surface area contributed by atoms with Crippen LogP contribution >= 0.6 is 0 Å². The number of aliphatic carboxylic acids is 1. The van der Waals surface area contributed by atoms with E-state index >= 15 is 0 Å². The molecule has 5 nitrogen and oxygen atoms in total. The van der Waals surface area contributed by atoms with Crippen molar-refractivity contribution in [1.29, 1.82) is 0 Å². The van der Waals surface area contributed by atoms with Crippen molar-refractivity contribution >= 4 is 21.6 Å². The Hall–Kier alpha value is -1.69. The minimum Gasteiger partial charge on any atom is -0.475 e. The van der Waals surface area contributed by atoms with Crippen molar-refractivity contribution in [2.75, 3.05) is 5.75 Å². The van der Waals surface area contributed by atoms with Crippen molar-refractivity contribution < 1.29 is 23.1 Å². The number of benzene rings is 1. The molecule has 1 aromatic carbocycles. The second kappa shape index (κ2) is 3.41. The molecule has 0 saturated carbocycles. The van der Waals surface area contributed by atoms with Crippen molar-refractivity contribution in [2.45, 2.75) is 11.3 Å². The van der Waals surface area contributed by atoms with Gasteiger partial charge in [-0.15, -0.1) is 0 Å². The first-order valence-corrected chi connectivity index (χ1v) is 6.21. The zero-order valence-corrected chi connectivity index (χ0v) is 8.95. The second-order valence-electron chi connectivity index (χ2n) is 3.50. The van der Waals surface area contributed by atoms with Gasteiger partial charge in [0.2, 0.25) is 0 Å². The van der Waals surface area contributed by atoms with E-state index in [-0.39, 0.29) is 16.2 Å². The summed E-state index contributed by atoms with van der Waals surface area (Å²) in [5, 5.41) is 8.59. The van der Waals surface area contributed by atoms with E-state index in [1.807, 2.05) is 0 Å². The van der Waals surface area contributed by atoms with Crippen molar-refractivity contribution in [3.05, 3.63) is 29.3 Å². The molecule has 0 radical (unpaired) electrons. The van der Waals surface area contributed by atoms with E-state index in [9.17, 15) is 18.0 Å². The Bertz CT molecular complexity index is 585. The van der Waals surface area contributed by atoms with Crippen molar-refractivity contribution in [1.82, 2.24) is 0 Å². The molecule has 0 atom stereocenters. The summed E-state index contributed by atoms with van der Waals surface area (Å²) in [6, 6.07) is 4.33. The Morgan fingerprint density at radius 2 is 1.94 bits per heavy atom. The average molecular weight is 240 g/mol. The normalized spacial score (nSPS) is 16.8. The van der Waals surface area contributed by atoms with Gasteiger partial charge in [0.25, 0.3) is 5.78 Å². The van der Waals surface area contributed by atoms with E-state index in [0.29, 0.717) is 12.0 Å². The first-order chi connectivity index (χ1) is 7.43. The highest BCUT2D eigenvalue weighted by Crippen LogP contribution is 2.29. The monoisotopic (exact) mass is 240 g/mol. The third-order valence-corrected chi connectivity index (χ3v) is 4.33. The van der Waals surface area contributed by atoms with E-state index in [2.05, 4.69) is 0 Å². The maximum absolute atomic E-state index is 11.7. The van der Waals surface area contributed by atoms with Gasteiger partial charge in [-0.3, -0.25) is 4.79 Å². The number of ketones is 1. The van der Waals surface area contributed by atoms with Gasteiger partial charge >= 0.3 is 5.97 Å². The summed E-state index contributed by atoms with van der Waals surface area (Å²) in [6.07, 6.45) is 0.332. The predicted molar refractivity (Wildman–Crippen MR) is 54.2 cm³/mol. The molecule has 1 aliphatic rings. The lowest BCUT2D eigenvalue weighted by atomic mass is 10.1. The summed E-state index contributed by atoms with van der Waals surface area (Å²) in [7, 11) is -3.50. The van der Waals surface area contributed by atoms with E-state index in [4.69, 9.17) is 5.11 Å². The van der Waals surface area contributed by atoms with Crippen LogP contribution in [0, 0.1) is 0 Å². The highest BCUT2D eigenvalue weighted by atomic mass is 32.2. The molecule has 16 heavy (non-hydrogen) atoms. The van der Waals surface area contributed by atoms with Gasteiger partial charge in [-0.1, -0.05) is 12.1 Å². The van der Waals surface area contributed by atoms with Crippen LogP contribution < -0.4 is 0 Å². The standard InChI is InChI=1S/C10H8O5S/c11-8(10(12)13)7-3-1-2-6-4-5-16(14,15)9(6)7/h1-3H,4-5H2,(H,12,13). The smallest absolute Gasteiger partial charge is 0.377 e. The molecule has 84 valence electrons. The number of aryl methyl sites for hydroxylation is 1. The molecule has 1 heterocycles. The fourth-order valence-electron chi connectivity index (χ4n) is 1.79. The predicted octanol–water partition coefficient (Wildman–Crippen LogP) is 0.284. The van der Waals surface area contributed by atoms with Gasteiger partial charge in [-0.05, 0) is 18.1 Å². The van der Waals surface area contributed by atoms with Crippen LogP contribution in [-0.2, 0) is 21.1 Å². The highest BCUT2D eigenvalue weighted by molar-refractivity contribution is 7.91. The number of rotatable bonds is 2. The van der Waals surface area contributed by atoms with E-state index in [0.717, 1.165) is 0 Å². The van der Waals surface area contributed by atoms with Gasteiger partial charge in [0, 0.05) is 5.56 Å². The molecule has 2 rings (SSSR count). The number of hydrogen-bond acceptors (Lipinski definition) is 4. The lowest BCUT2D eigenvalue weighted by Crippen LogP contribution is -2.16. The summed E-state index contributed by atoms with van der Waals surface area (Å²) in [6.45, 7) is 0. The van der Waals surface area contributed by atoms with Gasteiger partial charge in [0.15, 0.2) is 9.84 Å². The highest BCUT2D eigenvalue weighted by Gasteiger charge is 2.32. The van der Waals surface area contributed by atoms with Crippen molar-refractivity contribution in [3.63, 3.8) is 0 Å². The maximum atomic E-state index is 11.7. The molecule has 0 spiro atoms.